The molecule has 1 aliphatic heterocycles. The second kappa shape index (κ2) is 8.99. The van der Waals surface area contributed by atoms with Gasteiger partial charge in [0.25, 0.3) is 0 Å². The number of carbonyl (C=O) groups excluding carboxylic acids is 1. The minimum absolute atomic E-state index is 0.0213. The van der Waals surface area contributed by atoms with E-state index in [9.17, 15) is 26.4 Å². The van der Waals surface area contributed by atoms with Crippen molar-refractivity contribution in [3.05, 3.63) is 53.1 Å². The fourth-order valence-corrected chi connectivity index (χ4v) is 5.30. The van der Waals surface area contributed by atoms with Crippen molar-refractivity contribution in [2.75, 3.05) is 27.9 Å². The maximum absolute atomic E-state index is 13.4. The smallest absolute Gasteiger partial charge is 0.416 e. The first-order valence-electron chi connectivity index (χ1n) is 9.53. The molecule has 7 nitrogen and oxygen atoms in total. The molecule has 0 saturated heterocycles. The van der Waals surface area contributed by atoms with Gasteiger partial charge in [-0.25, -0.2) is 8.42 Å². The van der Waals surface area contributed by atoms with Gasteiger partial charge in [-0.15, -0.1) is 0 Å². The van der Waals surface area contributed by atoms with E-state index >= 15 is 0 Å². The Kier molecular flexibility index (Phi) is 6.70. The van der Waals surface area contributed by atoms with Crippen LogP contribution in [0, 0.1) is 0 Å². The molecule has 3 rings (SSSR count). The number of halogens is 3. The zero-order chi connectivity index (χ0) is 23.7. The van der Waals surface area contributed by atoms with Crippen molar-refractivity contribution in [3.8, 4) is 11.5 Å². The Balaban J connectivity index is 2.07. The molecule has 0 aliphatic carbocycles. The molecule has 0 unspecified atom stereocenters. The van der Waals surface area contributed by atoms with Crippen molar-refractivity contribution in [3.63, 3.8) is 0 Å². The molecular formula is C21H22F3NO6S. The topological polar surface area (TPSA) is 82.1 Å². The predicted octanol–water partition coefficient (Wildman–Crippen LogP) is 3.57. The van der Waals surface area contributed by atoms with Crippen LogP contribution in [-0.2, 0) is 32.2 Å². The van der Waals surface area contributed by atoms with Gasteiger partial charge in [0, 0.05) is 6.54 Å². The number of alkyl halides is 3. The zero-order valence-corrected chi connectivity index (χ0v) is 18.4. The number of fused-ring (bicyclic) bond motifs is 1. The summed E-state index contributed by atoms with van der Waals surface area (Å²) in [6.07, 6.45) is -4.55. The number of hydrogen-bond donors (Lipinski definition) is 0. The second-order valence-electron chi connectivity index (χ2n) is 7.09. The number of nitrogens with zero attached hydrogens (tertiary/aromatic N) is 1. The van der Waals surface area contributed by atoms with Crippen LogP contribution in [0.1, 0.15) is 29.2 Å². The minimum Gasteiger partial charge on any atom is -0.493 e. The standard InChI is InChI=1S/C21H22F3NO6S/c1-29-18-10-13-8-9-25(17(12-20(26)31-3)16(13)11-19(18)30-2)32(27,28)15-6-4-14(5-7-15)21(22,23)24/h4-7,10-11,17H,8-9,12H2,1-3H3/t17-/m1/s1. The highest BCUT2D eigenvalue weighted by molar-refractivity contribution is 7.89. The largest absolute Gasteiger partial charge is 0.493 e. The third kappa shape index (κ3) is 4.53. The van der Waals surface area contributed by atoms with Gasteiger partial charge in [0.15, 0.2) is 11.5 Å². The third-order valence-electron chi connectivity index (χ3n) is 5.33. The first kappa shape index (κ1) is 23.9. The quantitative estimate of drug-likeness (QED) is 0.597. The number of carbonyl (C=O) groups is 1. The van der Waals surface area contributed by atoms with Crippen LogP contribution in [0.25, 0.3) is 0 Å². The number of ether oxygens (including phenoxy) is 3. The minimum atomic E-state index is -4.59. The fourth-order valence-electron chi connectivity index (χ4n) is 3.70. The first-order chi connectivity index (χ1) is 15.0. The lowest BCUT2D eigenvalue weighted by molar-refractivity contribution is -0.141. The number of esters is 1. The monoisotopic (exact) mass is 473 g/mol. The lowest BCUT2D eigenvalue weighted by Gasteiger charge is -2.36. The third-order valence-corrected chi connectivity index (χ3v) is 7.25. The van der Waals surface area contributed by atoms with Crippen LogP contribution >= 0.6 is 0 Å². The number of benzene rings is 2. The molecule has 2 aromatic carbocycles. The summed E-state index contributed by atoms with van der Waals surface area (Å²) in [5.41, 5.74) is 0.355. The van der Waals surface area contributed by atoms with Gasteiger partial charge in [0.2, 0.25) is 10.0 Å². The van der Waals surface area contributed by atoms with E-state index in [0.717, 1.165) is 22.0 Å². The Labute approximate surface area is 183 Å². The summed E-state index contributed by atoms with van der Waals surface area (Å²) in [5, 5.41) is 0. The van der Waals surface area contributed by atoms with E-state index in [0.29, 0.717) is 35.6 Å². The molecule has 1 heterocycles. The van der Waals surface area contributed by atoms with Gasteiger partial charge in [0.05, 0.1) is 44.3 Å². The highest BCUT2D eigenvalue weighted by atomic mass is 32.2. The Morgan fingerprint density at radius 3 is 2.19 bits per heavy atom. The lowest BCUT2D eigenvalue weighted by atomic mass is 9.91. The fraction of sp³-hybridized carbons (Fsp3) is 0.381. The summed E-state index contributed by atoms with van der Waals surface area (Å²) in [6.45, 7) is 0.0213. The van der Waals surface area contributed by atoms with Crippen molar-refractivity contribution in [1.82, 2.24) is 4.31 Å². The average Bonchev–Trinajstić information content (AvgIpc) is 2.77. The van der Waals surface area contributed by atoms with Crippen molar-refractivity contribution < 1.29 is 40.6 Å². The van der Waals surface area contributed by atoms with Crippen molar-refractivity contribution in [1.29, 1.82) is 0 Å². The van der Waals surface area contributed by atoms with Crippen LogP contribution in [-0.4, -0.2) is 46.6 Å². The van der Waals surface area contributed by atoms with Gasteiger partial charge in [-0.05, 0) is 53.9 Å². The van der Waals surface area contributed by atoms with Gasteiger partial charge >= 0.3 is 12.1 Å². The highest BCUT2D eigenvalue weighted by Crippen LogP contribution is 2.42. The van der Waals surface area contributed by atoms with Crippen molar-refractivity contribution >= 4 is 16.0 Å². The van der Waals surface area contributed by atoms with E-state index in [4.69, 9.17) is 14.2 Å². The van der Waals surface area contributed by atoms with E-state index < -0.39 is 33.8 Å². The summed E-state index contributed by atoms with van der Waals surface area (Å²) in [7, 11) is -0.127. The van der Waals surface area contributed by atoms with Crippen molar-refractivity contribution in [2.45, 2.75) is 30.0 Å². The molecule has 174 valence electrons. The van der Waals surface area contributed by atoms with Gasteiger partial charge in [0.1, 0.15) is 0 Å². The van der Waals surface area contributed by atoms with E-state index in [1.807, 2.05) is 0 Å². The molecular weight excluding hydrogens is 451 g/mol. The van der Waals surface area contributed by atoms with Gasteiger partial charge in [-0.2, -0.15) is 17.5 Å². The molecule has 1 atom stereocenters. The van der Waals surface area contributed by atoms with Gasteiger partial charge in [-0.3, -0.25) is 4.79 Å². The summed E-state index contributed by atoms with van der Waals surface area (Å²) >= 11 is 0. The van der Waals surface area contributed by atoms with E-state index in [1.165, 1.54) is 21.3 Å². The van der Waals surface area contributed by atoms with E-state index in [-0.39, 0.29) is 17.9 Å². The van der Waals surface area contributed by atoms with Crippen molar-refractivity contribution in [2.24, 2.45) is 0 Å². The van der Waals surface area contributed by atoms with Gasteiger partial charge < -0.3 is 14.2 Å². The van der Waals surface area contributed by atoms with E-state index in [1.54, 1.807) is 12.1 Å². The van der Waals surface area contributed by atoms with E-state index in [2.05, 4.69) is 0 Å². The molecule has 32 heavy (non-hydrogen) atoms. The SMILES string of the molecule is COC(=O)C[C@@H]1c2cc(OC)c(OC)cc2CCN1S(=O)(=O)c1ccc(C(F)(F)F)cc1. The maximum atomic E-state index is 13.4. The van der Waals surface area contributed by atoms with Crippen LogP contribution in [0.15, 0.2) is 41.3 Å². The summed E-state index contributed by atoms with van der Waals surface area (Å²) < 4.78 is 81.8. The van der Waals surface area contributed by atoms with Gasteiger partial charge in [-0.1, -0.05) is 0 Å². The average molecular weight is 473 g/mol. The predicted molar refractivity (Wildman–Crippen MR) is 108 cm³/mol. The molecule has 0 amide bonds. The number of rotatable bonds is 6. The summed E-state index contributed by atoms with van der Waals surface area (Å²) in [5.74, 6) is 0.183. The molecule has 1 aliphatic rings. The molecule has 0 fully saturated rings. The molecule has 0 bridgehead atoms. The zero-order valence-electron chi connectivity index (χ0n) is 17.6. The molecule has 0 aromatic heterocycles. The Morgan fingerprint density at radius 2 is 1.66 bits per heavy atom. The van der Waals surface area contributed by atoms with Crippen LogP contribution in [0.5, 0.6) is 11.5 Å². The first-order valence-corrected chi connectivity index (χ1v) is 11.0. The molecule has 0 radical (unpaired) electrons. The van der Waals surface area contributed by atoms with Crippen LogP contribution in [0.2, 0.25) is 0 Å². The highest BCUT2D eigenvalue weighted by Gasteiger charge is 2.39. The van der Waals surface area contributed by atoms with Crippen LogP contribution in [0.3, 0.4) is 0 Å². The Bertz CT molecular complexity index is 1100. The maximum Gasteiger partial charge on any atom is 0.416 e. The van der Waals surface area contributed by atoms with Crippen LogP contribution in [0.4, 0.5) is 13.2 Å². The second-order valence-corrected chi connectivity index (χ2v) is 8.98. The molecule has 11 heteroatoms. The number of methoxy groups -OCH3 is 3. The molecule has 0 saturated carbocycles. The van der Waals surface area contributed by atoms with Crippen LogP contribution < -0.4 is 9.47 Å². The Hall–Kier alpha value is -2.79. The summed E-state index contributed by atoms with van der Waals surface area (Å²) in [4.78, 5) is 11.8. The normalized spacial score (nSPS) is 16.9. The number of hydrogen-bond acceptors (Lipinski definition) is 6. The molecule has 0 N–H and O–H groups in total. The molecule has 2 aromatic rings. The lowest BCUT2D eigenvalue weighted by Crippen LogP contribution is -2.41. The molecule has 0 spiro atoms. The Morgan fingerprint density at radius 1 is 1.06 bits per heavy atom. The summed E-state index contributed by atoms with van der Waals surface area (Å²) in [6, 6.07) is 5.66. The number of sulfonamides is 1.